The van der Waals surface area contributed by atoms with Gasteiger partial charge in [-0.15, -0.1) is 0 Å². The van der Waals surface area contributed by atoms with Gasteiger partial charge in [-0.25, -0.2) is 18.1 Å². The molecule has 10 heteroatoms. The van der Waals surface area contributed by atoms with Crippen molar-refractivity contribution in [3.63, 3.8) is 0 Å². The second-order valence-corrected chi connectivity index (χ2v) is 10.3. The van der Waals surface area contributed by atoms with E-state index in [0.717, 1.165) is 43.6 Å². The molecule has 0 atom stereocenters. The molecule has 31 heavy (non-hydrogen) atoms. The average molecular weight is 478 g/mol. The van der Waals surface area contributed by atoms with Crippen molar-refractivity contribution in [3.8, 4) is 0 Å². The number of nitrogens with zero attached hydrogens (tertiary/aromatic N) is 4. The molecular weight excluding hydrogens is 454 g/mol. The molecule has 164 valence electrons. The number of sulfonamides is 1. The summed E-state index contributed by atoms with van der Waals surface area (Å²) in [6.07, 6.45) is 0.741. The Bertz CT molecular complexity index is 1080. The summed E-state index contributed by atoms with van der Waals surface area (Å²) in [5.41, 5.74) is 1.21. The van der Waals surface area contributed by atoms with Crippen molar-refractivity contribution < 1.29 is 8.42 Å². The highest BCUT2D eigenvalue weighted by Gasteiger charge is 2.21. The van der Waals surface area contributed by atoms with Crippen molar-refractivity contribution in [2.75, 3.05) is 44.2 Å². The predicted octanol–water partition coefficient (Wildman–Crippen LogP) is 2.88. The Morgan fingerprint density at radius 3 is 2.42 bits per heavy atom. The van der Waals surface area contributed by atoms with Crippen molar-refractivity contribution in [1.29, 1.82) is 0 Å². The number of benzene rings is 2. The van der Waals surface area contributed by atoms with E-state index in [1.165, 1.54) is 29.2 Å². The van der Waals surface area contributed by atoms with Gasteiger partial charge in [-0.2, -0.15) is 4.37 Å². The summed E-state index contributed by atoms with van der Waals surface area (Å²) in [6, 6.07) is 16.4. The molecule has 2 heterocycles. The van der Waals surface area contributed by atoms with Gasteiger partial charge in [-0.3, -0.25) is 4.90 Å². The minimum absolute atomic E-state index is 0.226. The second-order valence-electron chi connectivity index (χ2n) is 7.34. The minimum Gasteiger partial charge on any atom is -0.344 e. The van der Waals surface area contributed by atoms with Crippen molar-refractivity contribution in [1.82, 2.24) is 19.0 Å². The van der Waals surface area contributed by atoms with E-state index in [2.05, 4.69) is 31.0 Å². The highest BCUT2D eigenvalue weighted by atomic mass is 35.5. The van der Waals surface area contributed by atoms with Gasteiger partial charge in [0.25, 0.3) is 0 Å². The monoisotopic (exact) mass is 477 g/mol. The third kappa shape index (κ3) is 6.02. The molecule has 1 aliphatic heterocycles. The molecule has 0 spiro atoms. The Hall–Kier alpha value is -2.04. The number of halogens is 1. The molecule has 0 saturated carbocycles. The van der Waals surface area contributed by atoms with Crippen LogP contribution in [0.25, 0.3) is 0 Å². The lowest BCUT2D eigenvalue weighted by atomic mass is 10.1. The molecule has 4 rings (SSSR count). The van der Waals surface area contributed by atoms with E-state index in [1.807, 2.05) is 18.2 Å². The van der Waals surface area contributed by atoms with Gasteiger partial charge in [0.15, 0.2) is 0 Å². The Kier molecular flexibility index (Phi) is 7.19. The summed E-state index contributed by atoms with van der Waals surface area (Å²) in [5.74, 6) is 0.852. The van der Waals surface area contributed by atoms with E-state index in [-0.39, 0.29) is 4.90 Å². The minimum atomic E-state index is -3.52. The number of piperazine rings is 1. The first-order chi connectivity index (χ1) is 15.0. The number of hydrogen-bond acceptors (Lipinski definition) is 7. The van der Waals surface area contributed by atoms with Crippen LogP contribution in [0.5, 0.6) is 0 Å². The molecule has 3 aromatic rings. The molecule has 0 unspecified atom stereocenters. The van der Waals surface area contributed by atoms with Gasteiger partial charge in [0, 0.05) is 62.2 Å². The van der Waals surface area contributed by atoms with Gasteiger partial charge in [-0.05, 0) is 29.8 Å². The normalized spacial score (nSPS) is 15.3. The zero-order valence-corrected chi connectivity index (χ0v) is 19.3. The third-order valence-corrected chi connectivity index (χ3v) is 7.69. The molecule has 1 aromatic heterocycles. The number of rotatable bonds is 8. The summed E-state index contributed by atoms with van der Waals surface area (Å²) in [4.78, 5) is 9.44. The number of aromatic nitrogens is 2. The largest absolute Gasteiger partial charge is 0.344 e. The maximum absolute atomic E-state index is 12.4. The lowest BCUT2D eigenvalue weighted by molar-refractivity contribution is 0.262. The molecule has 1 N–H and O–H groups in total. The van der Waals surface area contributed by atoms with E-state index in [0.29, 0.717) is 18.1 Å². The summed E-state index contributed by atoms with van der Waals surface area (Å²) in [6.45, 7) is 4.45. The predicted molar refractivity (Wildman–Crippen MR) is 124 cm³/mol. The van der Waals surface area contributed by atoms with Crippen LogP contribution >= 0.6 is 23.1 Å². The van der Waals surface area contributed by atoms with Gasteiger partial charge < -0.3 is 4.90 Å². The first kappa shape index (κ1) is 22.2. The fourth-order valence-electron chi connectivity index (χ4n) is 3.42. The molecule has 0 radical (unpaired) electrons. The average Bonchev–Trinajstić information content (AvgIpc) is 3.23. The van der Waals surface area contributed by atoms with Crippen LogP contribution in [-0.2, 0) is 16.4 Å². The van der Waals surface area contributed by atoms with Crippen LogP contribution in [0.3, 0.4) is 0 Å². The summed E-state index contributed by atoms with van der Waals surface area (Å²) in [7, 11) is -3.52. The quantitative estimate of drug-likeness (QED) is 0.537. The molecule has 0 bridgehead atoms. The van der Waals surface area contributed by atoms with Crippen LogP contribution in [-0.4, -0.2) is 61.9 Å². The molecular formula is C21H24ClN5O2S2. The summed E-state index contributed by atoms with van der Waals surface area (Å²) >= 11 is 7.27. The summed E-state index contributed by atoms with van der Waals surface area (Å²) in [5, 5.41) is 1.47. The Morgan fingerprint density at radius 1 is 1.00 bits per heavy atom. The van der Waals surface area contributed by atoms with Crippen LogP contribution in [0.1, 0.15) is 11.4 Å². The van der Waals surface area contributed by atoms with E-state index >= 15 is 0 Å². The van der Waals surface area contributed by atoms with Gasteiger partial charge >= 0.3 is 0 Å². The Morgan fingerprint density at radius 2 is 1.71 bits per heavy atom. The molecule has 1 fully saturated rings. The lowest BCUT2D eigenvalue weighted by Gasteiger charge is -2.34. The summed E-state index contributed by atoms with van der Waals surface area (Å²) < 4.78 is 31.9. The molecule has 2 aromatic carbocycles. The van der Waals surface area contributed by atoms with E-state index in [1.54, 1.807) is 12.1 Å². The van der Waals surface area contributed by atoms with Gasteiger partial charge in [0.1, 0.15) is 5.82 Å². The Labute approximate surface area is 191 Å². The van der Waals surface area contributed by atoms with Crippen molar-refractivity contribution in [2.45, 2.75) is 11.3 Å². The fraction of sp³-hybridized carbons (Fsp3) is 0.333. The van der Waals surface area contributed by atoms with Crippen LogP contribution in [0, 0.1) is 0 Å². The lowest BCUT2D eigenvalue weighted by Crippen LogP contribution is -2.48. The van der Waals surface area contributed by atoms with Gasteiger partial charge in [-0.1, -0.05) is 41.9 Å². The van der Waals surface area contributed by atoms with Crippen molar-refractivity contribution in [3.05, 3.63) is 71.0 Å². The van der Waals surface area contributed by atoms with E-state index < -0.39 is 10.0 Å². The Balaban J connectivity index is 1.22. The third-order valence-electron chi connectivity index (χ3n) is 5.15. The molecule has 0 amide bonds. The smallest absolute Gasteiger partial charge is 0.240 e. The SMILES string of the molecule is O=S(=O)(NCCN1CCN(c2nc(Cc3ccccc3)ns2)CC1)c1ccc(Cl)cc1. The zero-order valence-electron chi connectivity index (χ0n) is 16.9. The van der Waals surface area contributed by atoms with Gasteiger partial charge in [0.2, 0.25) is 15.2 Å². The second kappa shape index (κ2) is 10.1. The number of nitrogens with one attached hydrogen (secondary N) is 1. The topological polar surface area (TPSA) is 78.4 Å². The molecule has 1 saturated heterocycles. The standard InChI is InChI=1S/C21H24ClN5O2S2/c22-18-6-8-19(9-7-18)31(28,29)23-10-11-26-12-14-27(15-13-26)21-24-20(25-30-21)16-17-4-2-1-3-5-17/h1-9,23H,10-16H2. The number of anilines is 1. The molecule has 0 aliphatic carbocycles. The van der Waals surface area contributed by atoms with E-state index in [4.69, 9.17) is 16.6 Å². The van der Waals surface area contributed by atoms with Crippen LogP contribution in [0.2, 0.25) is 5.02 Å². The molecule has 7 nitrogen and oxygen atoms in total. The highest BCUT2D eigenvalue weighted by molar-refractivity contribution is 7.89. The zero-order chi connectivity index (χ0) is 21.7. The first-order valence-corrected chi connectivity index (χ1v) is 12.7. The van der Waals surface area contributed by atoms with E-state index in [9.17, 15) is 8.42 Å². The van der Waals surface area contributed by atoms with Crippen LogP contribution < -0.4 is 9.62 Å². The fourth-order valence-corrected chi connectivity index (χ4v) is 5.31. The highest BCUT2D eigenvalue weighted by Crippen LogP contribution is 2.20. The van der Waals surface area contributed by atoms with Gasteiger partial charge in [0.05, 0.1) is 4.90 Å². The maximum Gasteiger partial charge on any atom is 0.240 e. The van der Waals surface area contributed by atoms with Crippen molar-refractivity contribution in [2.24, 2.45) is 0 Å². The first-order valence-electron chi connectivity index (χ1n) is 10.1. The van der Waals surface area contributed by atoms with Crippen molar-refractivity contribution >= 4 is 38.3 Å². The molecule has 1 aliphatic rings. The number of hydrogen-bond donors (Lipinski definition) is 1. The van der Waals surface area contributed by atoms with Crippen LogP contribution in [0.4, 0.5) is 5.13 Å². The maximum atomic E-state index is 12.4. The van der Waals surface area contributed by atoms with Crippen LogP contribution in [0.15, 0.2) is 59.5 Å².